The molecule has 1 saturated heterocycles. The van der Waals surface area contributed by atoms with Gasteiger partial charge in [0.25, 0.3) is 0 Å². The molecule has 3 rings (SSSR count). The highest BCUT2D eigenvalue weighted by molar-refractivity contribution is 14.0. The Morgan fingerprint density at radius 1 is 1.31 bits per heavy atom. The second-order valence-corrected chi connectivity index (χ2v) is 7.15. The van der Waals surface area contributed by atoms with Gasteiger partial charge in [0.2, 0.25) is 0 Å². The third-order valence-corrected chi connectivity index (χ3v) is 5.37. The van der Waals surface area contributed by atoms with E-state index in [1.165, 1.54) is 10.4 Å². The molecule has 3 heterocycles. The van der Waals surface area contributed by atoms with E-state index < -0.39 is 0 Å². The number of aromatic nitrogens is 1. The minimum Gasteiger partial charge on any atom is -0.379 e. The summed E-state index contributed by atoms with van der Waals surface area (Å²) in [7, 11) is 3.85. The highest BCUT2D eigenvalue weighted by Crippen LogP contribution is 2.25. The zero-order valence-electron chi connectivity index (χ0n) is 15.4. The summed E-state index contributed by atoms with van der Waals surface area (Å²) in [6, 6.07) is 6.80. The molecule has 6 nitrogen and oxygen atoms in total. The number of aryl methyl sites for hydroxylation is 1. The van der Waals surface area contributed by atoms with Crippen molar-refractivity contribution in [1.29, 1.82) is 0 Å². The number of halogens is 1. The number of rotatable bonds is 6. The molecule has 1 aliphatic rings. The van der Waals surface area contributed by atoms with Crippen molar-refractivity contribution < 1.29 is 4.74 Å². The Hall–Kier alpha value is -1.10. The second-order valence-electron chi connectivity index (χ2n) is 6.17. The fourth-order valence-electron chi connectivity index (χ4n) is 3.04. The maximum absolute atomic E-state index is 5.51. The van der Waals surface area contributed by atoms with E-state index in [4.69, 9.17) is 4.74 Å². The number of aliphatic imine (C=N–C) groups is 1. The highest BCUT2D eigenvalue weighted by Gasteiger charge is 2.23. The van der Waals surface area contributed by atoms with Crippen LogP contribution in [0.25, 0.3) is 0 Å². The monoisotopic (exact) mass is 489 g/mol. The van der Waals surface area contributed by atoms with E-state index in [1.54, 1.807) is 0 Å². The Balaban J connectivity index is 0.00000243. The Bertz CT molecular complexity index is 667. The predicted octanol–water partition coefficient (Wildman–Crippen LogP) is 2.44. The lowest BCUT2D eigenvalue weighted by Crippen LogP contribution is -2.46. The number of hydrogen-bond donors (Lipinski definition) is 2. The number of nitrogens with one attached hydrogen (secondary N) is 2. The standard InChI is InChI=1S/C18H27N5OS.HI/c1-19-18(20-12-15-5-6-22(2)14-15)21-13-16(17-4-3-11-25-17)23-7-9-24-10-8-23;/h3-6,11,14,16H,7-10,12-13H2,1-2H3,(H2,19,20,21);1H. The zero-order chi connectivity index (χ0) is 17.5. The first-order valence-electron chi connectivity index (χ1n) is 8.67. The largest absolute Gasteiger partial charge is 0.379 e. The van der Waals surface area contributed by atoms with Crippen LogP contribution >= 0.6 is 35.3 Å². The molecule has 1 aliphatic heterocycles. The first-order valence-corrected chi connectivity index (χ1v) is 9.55. The van der Waals surface area contributed by atoms with Gasteiger partial charge in [-0.3, -0.25) is 9.89 Å². The normalized spacial score (nSPS) is 16.8. The van der Waals surface area contributed by atoms with Crippen LogP contribution in [0.15, 0.2) is 41.0 Å². The minimum absolute atomic E-state index is 0. The minimum atomic E-state index is 0. The van der Waals surface area contributed by atoms with Gasteiger partial charge in [-0.1, -0.05) is 6.07 Å². The van der Waals surface area contributed by atoms with Crippen molar-refractivity contribution in [2.45, 2.75) is 12.6 Å². The second kappa shape index (κ2) is 10.9. The Morgan fingerprint density at radius 2 is 2.12 bits per heavy atom. The SMILES string of the molecule is CN=C(NCc1ccn(C)c1)NCC(c1cccs1)N1CCOCC1.I. The van der Waals surface area contributed by atoms with Crippen LogP contribution in [-0.2, 0) is 18.3 Å². The van der Waals surface area contributed by atoms with E-state index in [0.29, 0.717) is 6.04 Å². The summed E-state index contributed by atoms with van der Waals surface area (Å²) >= 11 is 1.81. The van der Waals surface area contributed by atoms with Crippen LogP contribution in [0.3, 0.4) is 0 Å². The molecule has 144 valence electrons. The van der Waals surface area contributed by atoms with Gasteiger partial charge in [0.15, 0.2) is 5.96 Å². The zero-order valence-corrected chi connectivity index (χ0v) is 18.5. The quantitative estimate of drug-likeness (QED) is 0.372. The fourth-order valence-corrected chi connectivity index (χ4v) is 3.91. The summed E-state index contributed by atoms with van der Waals surface area (Å²) in [4.78, 5) is 8.23. The van der Waals surface area contributed by atoms with E-state index in [-0.39, 0.29) is 24.0 Å². The average Bonchev–Trinajstić information content (AvgIpc) is 3.31. The molecule has 1 fully saturated rings. The summed E-state index contributed by atoms with van der Waals surface area (Å²) in [5, 5.41) is 9.02. The lowest BCUT2D eigenvalue weighted by Gasteiger charge is -2.34. The van der Waals surface area contributed by atoms with Crippen LogP contribution in [-0.4, -0.2) is 55.3 Å². The van der Waals surface area contributed by atoms with E-state index in [9.17, 15) is 0 Å². The van der Waals surface area contributed by atoms with E-state index in [0.717, 1.165) is 45.4 Å². The van der Waals surface area contributed by atoms with Gasteiger partial charge in [0.1, 0.15) is 0 Å². The van der Waals surface area contributed by atoms with Gasteiger partial charge in [0.05, 0.1) is 19.3 Å². The van der Waals surface area contributed by atoms with Gasteiger partial charge in [-0.2, -0.15) is 0 Å². The van der Waals surface area contributed by atoms with Crippen LogP contribution in [0.2, 0.25) is 0 Å². The molecule has 1 atom stereocenters. The van der Waals surface area contributed by atoms with Gasteiger partial charge in [-0.15, -0.1) is 35.3 Å². The average molecular weight is 489 g/mol. The third kappa shape index (κ3) is 5.97. The van der Waals surface area contributed by atoms with Crippen LogP contribution in [0.1, 0.15) is 16.5 Å². The number of nitrogens with zero attached hydrogens (tertiary/aromatic N) is 3. The van der Waals surface area contributed by atoms with E-state index in [1.807, 2.05) is 25.4 Å². The van der Waals surface area contributed by atoms with Gasteiger partial charge in [0, 0.05) is 57.5 Å². The lowest BCUT2D eigenvalue weighted by molar-refractivity contribution is 0.0177. The Morgan fingerprint density at radius 3 is 2.73 bits per heavy atom. The van der Waals surface area contributed by atoms with Crippen molar-refractivity contribution >= 4 is 41.3 Å². The predicted molar refractivity (Wildman–Crippen MR) is 118 cm³/mol. The van der Waals surface area contributed by atoms with E-state index >= 15 is 0 Å². The number of thiophene rings is 1. The van der Waals surface area contributed by atoms with Crippen molar-refractivity contribution in [3.8, 4) is 0 Å². The number of morpholine rings is 1. The first-order chi connectivity index (χ1) is 12.3. The van der Waals surface area contributed by atoms with Gasteiger partial charge < -0.3 is 19.9 Å². The molecule has 26 heavy (non-hydrogen) atoms. The molecule has 0 amide bonds. The Labute approximate surface area is 176 Å². The number of hydrogen-bond acceptors (Lipinski definition) is 4. The number of guanidine groups is 1. The van der Waals surface area contributed by atoms with Crippen molar-refractivity contribution in [2.24, 2.45) is 12.0 Å². The molecule has 0 spiro atoms. The summed E-state index contributed by atoms with van der Waals surface area (Å²) in [5.74, 6) is 0.832. The van der Waals surface area contributed by atoms with Crippen LogP contribution < -0.4 is 10.6 Å². The molecule has 8 heteroatoms. The molecule has 0 saturated carbocycles. The molecule has 2 N–H and O–H groups in total. The van der Waals surface area contributed by atoms with Crippen molar-refractivity contribution in [2.75, 3.05) is 39.9 Å². The van der Waals surface area contributed by atoms with Crippen LogP contribution in [0.5, 0.6) is 0 Å². The number of ether oxygens (including phenoxy) is 1. The molecule has 2 aromatic heterocycles. The van der Waals surface area contributed by atoms with E-state index in [2.05, 4.69) is 61.1 Å². The first kappa shape index (κ1) is 21.2. The topological polar surface area (TPSA) is 53.8 Å². The summed E-state index contributed by atoms with van der Waals surface area (Å²) in [5.41, 5.74) is 1.24. The van der Waals surface area contributed by atoms with Crippen molar-refractivity contribution in [3.05, 3.63) is 46.4 Å². The van der Waals surface area contributed by atoms with Gasteiger partial charge >= 0.3 is 0 Å². The molecule has 0 radical (unpaired) electrons. The van der Waals surface area contributed by atoms with Gasteiger partial charge in [-0.05, 0) is 23.1 Å². The lowest BCUT2D eigenvalue weighted by atomic mass is 10.2. The van der Waals surface area contributed by atoms with Crippen LogP contribution in [0.4, 0.5) is 0 Å². The molecular formula is C18H28IN5OS. The third-order valence-electron chi connectivity index (χ3n) is 4.40. The van der Waals surface area contributed by atoms with Crippen LogP contribution in [0, 0.1) is 0 Å². The maximum Gasteiger partial charge on any atom is 0.191 e. The smallest absolute Gasteiger partial charge is 0.191 e. The molecule has 0 bridgehead atoms. The Kier molecular flexibility index (Phi) is 8.89. The summed E-state index contributed by atoms with van der Waals surface area (Å²) in [6.45, 7) is 5.16. The molecular weight excluding hydrogens is 461 g/mol. The van der Waals surface area contributed by atoms with Crippen molar-refractivity contribution in [3.63, 3.8) is 0 Å². The van der Waals surface area contributed by atoms with Crippen molar-refractivity contribution in [1.82, 2.24) is 20.1 Å². The summed E-state index contributed by atoms with van der Waals surface area (Å²) < 4.78 is 7.56. The van der Waals surface area contributed by atoms with Gasteiger partial charge in [-0.25, -0.2) is 0 Å². The molecule has 1 unspecified atom stereocenters. The highest BCUT2D eigenvalue weighted by atomic mass is 127. The fraction of sp³-hybridized carbons (Fsp3) is 0.500. The molecule has 2 aromatic rings. The molecule has 0 aliphatic carbocycles. The maximum atomic E-state index is 5.51. The molecule has 0 aromatic carbocycles. The summed E-state index contributed by atoms with van der Waals surface area (Å²) in [6.07, 6.45) is 4.17.